The minimum absolute atomic E-state index is 0.293. The number of carbonyl (C=O) groups is 1. The van der Waals surface area contributed by atoms with E-state index in [1.807, 2.05) is 6.07 Å². The van der Waals surface area contributed by atoms with Crippen LogP contribution in [0.1, 0.15) is 74.2 Å². The molecule has 0 bridgehead atoms. The van der Waals surface area contributed by atoms with Gasteiger partial charge in [0.2, 0.25) is 0 Å². The van der Waals surface area contributed by atoms with Gasteiger partial charge < -0.3 is 0 Å². The Morgan fingerprint density at radius 3 is 2.71 bits per heavy atom. The molecule has 1 nitrogen and oxygen atoms in total. The van der Waals surface area contributed by atoms with Gasteiger partial charge in [0.15, 0.2) is 5.78 Å². The van der Waals surface area contributed by atoms with Crippen molar-refractivity contribution in [3.05, 3.63) is 35.4 Å². The van der Waals surface area contributed by atoms with Gasteiger partial charge in [0, 0.05) is 11.5 Å². The van der Waals surface area contributed by atoms with E-state index in [0.29, 0.717) is 11.7 Å². The molecule has 2 saturated carbocycles. The molecule has 3 unspecified atom stereocenters. The standard InChI is InChI=1S/C20H28O/c1-2-6-15-7-5-10-18(13-15)20(21)19-12-11-16-8-3-4-9-17(16)14-19/h5,7,10,13,16-17,19H,2-4,6,8-9,11-12,14H2,1H3. The summed E-state index contributed by atoms with van der Waals surface area (Å²) >= 11 is 0. The highest BCUT2D eigenvalue weighted by Gasteiger charge is 2.35. The average molecular weight is 284 g/mol. The molecule has 0 heterocycles. The molecule has 3 atom stereocenters. The molecule has 0 N–H and O–H groups in total. The molecule has 2 aliphatic rings. The summed E-state index contributed by atoms with van der Waals surface area (Å²) in [7, 11) is 0. The van der Waals surface area contributed by atoms with Crippen LogP contribution in [0.2, 0.25) is 0 Å². The number of Topliss-reactive ketones (excluding diaryl/α,β-unsaturated/α-hetero) is 1. The first-order valence-electron chi connectivity index (χ1n) is 8.91. The molecule has 21 heavy (non-hydrogen) atoms. The Kier molecular flexibility index (Phi) is 4.77. The molecule has 2 fully saturated rings. The third-order valence-electron chi connectivity index (χ3n) is 5.66. The number of hydrogen-bond donors (Lipinski definition) is 0. The van der Waals surface area contributed by atoms with Crippen molar-refractivity contribution in [3.63, 3.8) is 0 Å². The lowest BCUT2D eigenvalue weighted by atomic mass is 9.66. The van der Waals surface area contributed by atoms with E-state index in [9.17, 15) is 4.79 Å². The fraction of sp³-hybridized carbons (Fsp3) is 0.650. The maximum absolute atomic E-state index is 12.8. The molecular formula is C20H28O. The number of benzene rings is 1. The number of hydrogen-bond acceptors (Lipinski definition) is 1. The van der Waals surface area contributed by atoms with Crippen molar-refractivity contribution in [1.29, 1.82) is 0 Å². The van der Waals surface area contributed by atoms with Gasteiger partial charge in [-0.3, -0.25) is 4.79 Å². The third kappa shape index (κ3) is 3.39. The minimum Gasteiger partial charge on any atom is -0.294 e. The Hall–Kier alpha value is -1.11. The van der Waals surface area contributed by atoms with Crippen LogP contribution < -0.4 is 0 Å². The summed E-state index contributed by atoms with van der Waals surface area (Å²) < 4.78 is 0. The molecule has 0 radical (unpaired) electrons. The summed E-state index contributed by atoms with van der Waals surface area (Å²) in [5, 5.41) is 0. The number of rotatable bonds is 4. The zero-order valence-corrected chi connectivity index (χ0v) is 13.3. The molecule has 114 valence electrons. The van der Waals surface area contributed by atoms with E-state index in [1.54, 1.807) is 0 Å². The molecule has 2 aliphatic carbocycles. The first kappa shape index (κ1) is 14.8. The Morgan fingerprint density at radius 2 is 1.90 bits per heavy atom. The van der Waals surface area contributed by atoms with Gasteiger partial charge in [-0.1, -0.05) is 57.2 Å². The van der Waals surface area contributed by atoms with E-state index in [4.69, 9.17) is 0 Å². The second-order valence-corrected chi connectivity index (χ2v) is 7.13. The van der Waals surface area contributed by atoms with Crippen LogP contribution >= 0.6 is 0 Å². The Balaban J connectivity index is 1.68. The fourth-order valence-electron chi connectivity index (χ4n) is 4.52. The molecule has 1 aromatic carbocycles. The zero-order chi connectivity index (χ0) is 14.7. The van der Waals surface area contributed by atoms with E-state index in [1.165, 1.54) is 37.7 Å². The highest BCUT2D eigenvalue weighted by Crippen LogP contribution is 2.43. The monoisotopic (exact) mass is 284 g/mol. The second kappa shape index (κ2) is 6.77. The quantitative estimate of drug-likeness (QED) is 0.674. The third-order valence-corrected chi connectivity index (χ3v) is 5.66. The SMILES string of the molecule is CCCc1cccc(C(=O)C2CCC3CCCCC3C2)c1. The van der Waals surface area contributed by atoms with Crippen molar-refractivity contribution in [2.75, 3.05) is 0 Å². The molecule has 0 aliphatic heterocycles. The van der Waals surface area contributed by atoms with Crippen LogP contribution in [0.5, 0.6) is 0 Å². The lowest BCUT2D eigenvalue weighted by Crippen LogP contribution is -2.31. The van der Waals surface area contributed by atoms with Gasteiger partial charge in [-0.2, -0.15) is 0 Å². The first-order chi connectivity index (χ1) is 10.3. The summed E-state index contributed by atoms with van der Waals surface area (Å²) in [6, 6.07) is 8.37. The van der Waals surface area contributed by atoms with Gasteiger partial charge in [0.05, 0.1) is 0 Å². The maximum atomic E-state index is 12.8. The van der Waals surface area contributed by atoms with Crippen LogP contribution in [0.4, 0.5) is 0 Å². The van der Waals surface area contributed by atoms with E-state index >= 15 is 0 Å². The van der Waals surface area contributed by atoms with Gasteiger partial charge in [0.1, 0.15) is 0 Å². The van der Waals surface area contributed by atoms with Crippen LogP contribution in [0.15, 0.2) is 24.3 Å². The highest BCUT2D eigenvalue weighted by atomic mass is 16.1. The van der Waals surface area contributed by atoms with Crippen molar-refractivity contribution in [1.82, 2.24) is 0 Å². The van der Waals surface area contributed by atoms with Crippen molar-refractivity contribution >= 4 is 5.78 Å². The molecule has 0 spiro atoms. The Bertz CT molecular complexity index is 490. The first-order valence-corrected chi connectivity index (χ1v) is 8.91. The summed E-state index contributed by atoms with van der Waals surface area (Å²) in [6.45, 7) is 2.19. The lowest BCUT2D eigenvalue weighted by molar-refractivity contribution is 0.0763. The van der Waals surface area contributed by atoms with E-state index in [-0.39, 0.29) is 0 Å². The molecule has 1 aromatic rings. The van der Waals surface area contributed by atoms with E-state index in [0.717, 1.165) is 43.1 Å². The van der Waals surface area contributed by atoms with Crippen molar-refractivity contribution in [2.45, 2.75) is 64.7 Å². The van der Waals surface area contributed by atoms with Crippen molar-refractivity contribution < 1.29 is 4.79 Å². The Labute approximate surface area is 129 Å². The average Bonchev–Trinajstić information content (AvgIpc) is 2.54. The Morgan fingerprint density at radius 1 is 1.10 bits per heavy atom. The molecule has 0 amide bonds. The van der Waals surface area contributed by atoms with Gasteiger partial charge in [-0.15, -0.1) is 0 Å². The summed E-state index contributed by atoms with van der Waals surface area (Å²) in [5.74, 6) is 2.47. The van der Waals surface area contributed by atoms with Crippen LogP contribution in [-0.4, -0.2) is 5.78 Å². The largest absolute Gasteiger partial charge is 0.294 e. The van der Waals surface area contributed by atoms with Gasteiger partial charge >= 0.3 is 0 Å². The minimum atomic E-state index is 0.293. The zero-order valence-electron chi connectivity index (χ0n) is 13.3. The number of aryl methyl sites for hydroxylation is 1. The summed E-state index contributed by atoms with van der Waals surface area (Å²) in [6.07, 6.45) is 11.4. The van der Waals surface area contributed by atoms with E-state index < -0.39 is 0 Å². The number of ketones is 1. The van der Waals surface area contributed by atoms with E-state index in [2.05, 4.69) is 25.1 Å². The smallest absolute Gasteiger partial charge is 0.165 e. The highest BCUT2D eigenvalue weighted by molar-refractivity contribution is 5.98. The molecular weight excluding hydrogens is 256 g/mol. The maximum Gasteiger partial charge on any atom is 0.165 e. The van der Waals surface area contributed by atoms with Gasteiger partial charge in [-0.05, 0) is 49.1 Å². The summed E-state index contributed by atoms with van der Waals surface area (Å²) in [4.78, 5) is 12.8. The van der Waals surface area contributed by atoms with Crippen LogP contribution in [0, 0.1) is 17.8 Å². The second-order valence-electron chi connectivity index (χ2n) is 7.13. The van der Waals surface area contributed by atoms with Gasteiger partial charge in [0.25, 0.3) is 0 Å². The fourth-order valence-corrected chi connectivity index (χ4v) is 4.52. The lowest BCUT2D eigenvalue weighted by Gasteiger charge is -2.38. The van der Waals surface area contributed by atoms with Crippen molar-refractivity contribution in [2.24, 2.45) is 17.8 Å². The van der Waals surface area contributed by atoms with Gasteiger partial charge in [-0.25, -0.2) is 0 Å². The molecule has 0 aromatic heterocycles. The molecule has 3 rings (SSSR count). The topological polar surface area (TPSA) is 17.1 Å². The van der Waals surface area contributed by atoms with Crippen LogP contribution in [0.3, 0.4) is 0 Å². The number of fused-ring (bicyclic) bond motifs is 1. The number of carbonyl (C=O) groups excluding carboxylic acids is 1. The van der Waals surface area contributed by atoms with Crippen LogP contribution in [0.25, 0.3) is 0 Å². The summed E-state index contributed by atoms with van der Waals surface area (Å²) in [5.41, 5.74) is 2.27. The normalized spacial score (nSPS) is 28.9. The predicted octanol–water partition coefficient (Wildman–Crippen LogP) is 5.43. The molecule has 1 heteroatoms. The predicted molar refractivity (Wildman–Crippen MR) is 87.6 cm³/mol. The van der Waals surface area contributed by atoms with Crippen molar-refractivity contribution in [3.8, 4) is 0 Å². The van der Waals surface area contributed by atoms with Crippen LogP contribution in [-0.2, 0) is 6.42 Å². The molecule has 0 saturated heterocycles.